The number of nitrogens with one attached hydrogen (secondary N) is 1. The molecule has 0 aromatic heterocycles. The highest BCUT2D eigenvalue weighted by atomic mass is 79.9. The van der Waals surface area contributed by atoms with Crippen molar-refractivity contribution in [2.75, 3.05) is 12.3 Å². The maximum Gasteiger partial charge on any atom is 0.311 e. The van der Waals surface area contributed by atoms with Gasteiger partial charge in [-0.2, -0.15) is 0 Å². The predicted molar refractivity (Wildman–Crippen MR) is 81.5 cm³/mol. The largest absolute Gasteiger partial charge is 0.481 e. The van der Waals surface area contributed by atoms with E-state index in [1.54, 1.807) is 32.0 Å². The normalized spacial score (nSPS) is 11.2. The van der Waals surface area contributed by atoms with E-state index in [9.17, 15) is 14.7 Å². The maximum atomic E-state index is 12.1. The number of carboxylic acid groups (broad SMARTS) is 1. The quantitative estimate of drug-likeness (QED) is 0.693. The molecule has 4 N–H and O–H groups in total. The molecular weight excluding hydrogens is 324 g/mol. The summed E-state index contributed by atoms with van der Waals surface area (Å²) in [5.74, 6) is -1.23. The van der Waals surface area contributed by atoms with Crippen molar-refractivity contribution in [1.82, 2.24) is 5.32 Å². The van der Waals surface area contributed by atoms with E-state index in [-0.39, 0.29) is 12.5 Å². The number of halogens is 1. The van der Waals surface area contributed by atoms with Crippen LogP contribution in [0.25, 0.3) is 0 Å². The molecule has 0 spiro atoms. The van der Waals surface area contributed by atoms with Crippen LogP contribution in [-0.4, -0.2) is 23.5 Å². The standard InChI is InChI=1S/C14H19BrN2O3/c1-3-14(4-2,13(19)20)8-17-12(18)10-7-9(16)5-6-11(10)15/h5-7H,3-4,8,16H2,1-2H3,(H,17,18)(H,19,20). The van der Waals surface area contributed by atoms with E-state index >= 15 is 0 Å². The Balaban J connectivity index is 2.86. The molecule has 0 unspecified atom stereocenters. The number of aliphatic carboxylic acids is 1. The van der Waals surface area contributed by atoms with Gasteiger partial charge in [-0.25, -0.2) is 0 Å². The number of carbonyl (C=O) groups is 2. The molecule has 0 saturated heterocycles. The zero-order chi connectivity index (χ0) is 15.3. The topological polar surface area (TPSA) is 92.4 Å². The summed E-state index contributed by atoms with van der Waals surface area (Å²) in [7, 11) is 0. The van der Waals surface area contributed by atoms with Crippen molar-refractivity contribution in [3.63, 3.8) is 0 Å². The van der Waals surface area contributed by atoms with E-state index in [2.05, 4.69) is 21.2 Å². The SMILES string of the molecule is CCC(CC)(CNC(=O)c1cc(N)ccc1Br)C(=O)O. The van der Waals surface area contributed by atoms with Crippen molar-refractivity contribution in [3.05, 3.63) is 28.2 Å². The molecule has 0 aliphatic carbocycles. The number of rotatable bonds is 6. The Kier molecular flexibility index (Phi) is 5.56. The first-order valence-electron chi connectivity index (χ1n) is 6.43. The number of nitrogens with two attached hydrogens (primary N) is 1. The number of amides is 1. The van der Waals surface area contributed by atoms with Gasteiger partial charge in [0.25, 0.3) is 5.91 Å². The molecule has 1 rings (SSSR count). The number of carbonyl (C=O) groups excluding carboxylic acids is 1. The molecule has 20 heavy (non-hydrogen) atoms. The molecule has 0 bridgehead atoms. The molecular formula is C14H19BrN2O3. The second-order valence-corrected chi connectivity index (χ2v) is 5.57. The van der Waals surface area contributed by atoms with Gasteiger partial charge < -0.3 is 16.2 Å². The lowest BCUT2D eigenvalue weighted by atomic mass is 9.82. The molecule has 0 aliphatic rings. The Hall–Kier alpha value is -1.56. The van der Waals surface area contributed by atoms with Crippen LogP contribution >= 0.6 is 15.9 Å². The molecule has 6 heteroatoms. The highest BCUT2D eigenvalue weighted by molar-refractivity contribution is 9.10. The Bertz CT molecular complexity index is 513. The van der Waals surface area contributed by atoms with Crippen LogP contribution in [0, 0.1) is 5.41 Å². The summed E-state index contributed by atoms with van der Waals surface area (Å²) in [4.78, 5) is 23.5. The monoisotopic (exact) mass is 342 g/mol. The highest BCUT2D eigenvalue weighted by Gasteiger charge is 2.35. The molecule has 0 heterocycles. The van der Waals surface area contributed by atoms with Crippen LogP contribution in [-0.2, 0) is 4.79 Å². The number of hydrogen-bond donors (Lipinski definition) is 3. The minimum atomic E-state index is -0.928. The second kappa shape index (κ2) is 6.74. The molecule has 0 aliphatic heterocycles. The molecule has 1 aromatic rings. The first-order chi connectivity index (χ1) is 9.36. The van der Waals surface area contributed by atoms with Crippen LogP contribution in [0.3, 0.4) is 0 Å². The Morgan fingerprint density at radius 1 is 1.35 bits per heavy atom. The molecule has 1 amide bonds. The smallest absolute Gasteiger partial charge is 0.311 e. The van der Waals surface area contributed by atoms with Gasteiger partial charge in [-0.05, 0) is 47.0 Å². The van der Waals surface area contributed by atoms with Crippen molar-refractivity contribution in [2.24, 2.45) is 5.41 Å². The fraction of sp³-hybridized carbons (Fsp3) is 0.429. The van der Waals surface area contributed by atoms with Crippen LogP contribution in [0.15, 0.2) is 22.7 Å². The van der Waals surface area contributed by atoms with E-state index in [4.69, 9.17) is 5.73 Å². The highest BCUT2D eigenvalue weighted by Crippen LogP contribution is 2.26. The maximum absolute atomic E-state index is 12.1. The van der Waals surface area contributed by atoms with Gasteiger partial charge in [-0.15, -0.1) is 0 Å². The fourth-order valence-electron chi connectivity index (χ4n) is 1.94. The van der Waals surface area contributed by atoms with E-state index in [1.807, 2.05) is 0 Å². The number of benzene rings is 1. The van der Waals surface area contributed by atoms with Gasteiger partial charge in [-0.1, -0.05) is 13.8 Å². The molecule has 0 atom stereocenters. The van der Waals surface area contributed by atoms with Gasteiger partial charge in [0.2, 0.25) is 0 Å². The Morgan fingerprint density at radius 2 is 1.95 bits per heavy atom. The third-order valence-electron chi connectivity index (χ3n) is 3.63. The van der Waals surface area contributed by atoms with E-state index in [1.165, 1.54) is 0 Å². The average Bonchev–Trinajstić information content (AvgIpc) is 2.42. The minimum absolute atomic E-state index is 0.0927. The van der Waals surface area contributed by atoms with Crippen LogP contribution < -0.4 is 11.1 Å². The van der Waals surface area contributed by atoms with Gasteiger partial charge >= 0.3 is 5.97 Å². The lowest BCUT2D eigenvalue weighted by Gasteiger charge is -2.26. The summed E-state index contributed by atoms with van der Waals surface area (Å²) in [5, 5.41) is 12.0. The molecule has 1 aromatic carbocycles. The zero-order valence-electron chi connectivity index (χ0n) is 11.6. The van der Waals surface area contributed by atoms with Crippen molar-refractivity contribution >= 4 is 33.5 Å². The van der Waals surface area contributed by atoms with Crippen LogP contribution in [0.4, 0.5) is 5.69 Å². The molecule has 0 fully saturated rings. The fourth-order valence-corrected chi connectivity index (χ4v) is 2.37. The van der Waals surface area contributed by atoms with Gasteiger partial charge in [0, 0.05) is 16.7 Å². The number of anilines is 1. The lowest BCUT2D eigenvalue weighted by molar-refractivity contribution is -0.149. The molecule has 0 radical (unpaired) electrons. The summed E-state index contributed by atoms with van der Waals surface area (Å²) in [6.45, 7) is 3.70. The van der Waals surface area contributed by atoms with Gasteiger partial charge in [-0.3, -0.25) is 9.59 Å². The van der Waals surface area contributed by atoms with Crippen molar-refractivity contribution in [2.45, 2.75) is 26.7 Å². The first-order valence-corrected chi connectivity index (χ1v) is 7.22. The summed E-state index contributed by atoms with van der Waals surface area (Å²) < 4.78 is 0.623. The minimum Gasteiger partial charge on any atom is -0.481 e. The predicted octanol–water partition coefficient (Wildman–Crippen LogP) is 2.65. The van der Waals surface area contributed by atoms with Crippen molar-refractivity contribution < 1.29 is 14.7 Å². The number of nitrogen functional groups attached to an aromatic ring is 1. The number of hydrogen-bond acceptors (Lipinski definition) is 3. The average molecular weight is 343 g/mol. The summed E-state index contributed by atoms with van der Waals surface area (Å²) in [6, 6.07) is 4.93. The van der Waals surface area contributed by atoms with E-state index in [0.29, 0.717) is 28.6 Å². The van der Waals surface area contributed by atoms with E-state index in [0.717, 1.165) is 0 Å². The summed E-state index contributed by atoms with van der Waals surface area (Å²) in [6.07, 6.45) is 0.911. The molecule has 0 saturated carbocycles. The van der Waals surface area contributed by atoms with Gasteiger partial charge in [0.05, 0.1) is 11.0 Å². The zero-order valence-corrected chi connectivity index (χ0v) is 13.2. The Morgan fingerprint density at radius 3 is 2.45 bits per heavy atom. The first kappa shape index (κ1) is 16.5. The van der Waals surface area contributed by atoms with Crippen LogP contribution in [0.2, 0.25) is 0 Å². The van der Waals surface area contributed by atoms with Crippen LogP contribution in [0.1, 0.15) is 37.0 Å². The lowest BCUT2D eigenvalue weighted by Crippen LogP contribution is -2.42. The molecule has 5 nitrogen and oxygen atoms in total. The Labute approximate surface area is 126 Å². The summed E-state index contributed by atoms with van der Waals surface area (Å²) in [5.41, 5.74) is 5.60. The molecule has 110 valence electrons. The van der Waals surface area contributed by atoms with Gasteiger partial charge in [0.1, 0.15) is 0 Å². The third-order valence-corrected chi connectivity index (χ3v) is 4.32. The van der Waals surface area contributed by atoms with Crippen molar-refractivity contribution in [3.8, 4) is 0 Å². The van der Waals surface area contributed by atoms with Crippen LogP contribution in [0.5, 0.6) is 0 Å². The number of carboxylic acids is 1. The van der Waals surface area contributed by atoms with E-state index < -0.39 is 11.4 Å². The second-order valence-electron chi connectivity index (χ2n) is 4.71. The third kappa shape index (κ3) is 3.50. The van der Waals surface area contributed by atoms with Crippen molar-refractivity contribution in [1.29, 1.82) is 0 Å². The van der Waals surface area contributed by atoms with Gasteiger partial charge in [0.15, 0.2) is 0 Å². The summed E-state index contributed by atoms with van der Waals surface area (Å²) >= 11 is 3.28.